The molecule has 0 aromatic heterocycles. The fourth-order valence-corrected chi connectivity index (χ4v) is 2.64. The molecule has 0 spiro atoms. The Kier molecular flexibility index (Phi) is 3.50. The first-order valence-corrected chi connectivity index (χ1v) is 6.60. The zero-order valence-corrected chi connectivity index (χ0v) is 10.7. The molecule has 2 aliphatic heterocycles. The second kappa shape index (κ2) is 5.28. The van der Waals surface area contributed by atoms with Crippen LogP contribution >= 0.6 is 0 Å². The SMILES string of the molecule is NC1Cc2ccccc2N(C(=O)C2COCCO2)C1. The predicted octanol–water partition coefficient (Wildman–Crippen LogP) is 0.318. The van der Waals surface area contributed by atoms with E-state index >= 15 is 0 Å². The van der Waals surface area contributed by atoms with Gasteiger partial charge in [-0.25, -0.2) is 0 Å². The Bertz CT molecular complexity index is 472. The summed E-state index contributed by atoms with van der Waals surface area (Å²) in [7, 11) is 0. The van der Waals surface area contributed by atoms with Gasteiger partial charge in [0.05, 0.1) is 19.8 Å². The molecule has 2 aliphatic rings. The third-order valence-electron chi connectivity index (χ3n) is 3.54. The second-order valence-corrected chi connectivity index (χ2v) is 4.98. The van der Waals surface area contributed by atoms with Crippen molar-refractivity contribution >= 4 is 11.6 Å². The Hall–Kier alpha value is -1.43. The number of benzene rings is 1. The normalized spacial score (nSPS) is 26.9. The van der Waals surface area contributed by atoms with Crippen LogP contribution < -0.4 is 10.6 Å². The van der Waals surface area contributed by atoms with E-state index in [1.807, 2.05) is 24.3 Å². The van der Waals surface area contributed by atoms with Crippen molar-refractivity contribution in [1.82, 2.24) is 0 Å². The van der Waals surface area contributed by atoms with E-state index < -0.39 is 6.10 Å². The first-order valence-electron chi connectivity index (χ1n) is 6.60. The second-order valence-electron chi connectivity index (χ2n) is 4.98. The standard InChI is InChI=1S/C14H18N2O3/c15-11-7-10-3-1-2-4-12(10)16(8-11)14(17)13-9-18-5-6-19-13/h1-4,11,13H,5-9,15H2. The Morgan fingerprint density at radius 1 is 1.32 bits per heavy atom. The molecule has 0 saturated carbocycles. The molecule has 1 saturated heterocycles. The highest BCUT2D eigenvalue weighted by molar-refractivity contribution is 5.98. The average molecular weight is 262 g/mol. The number of fused-ring (bicyclic) bond motifs is 1. The number of hydrogen-bond acceptors (Lipinski definition) is 4. The minimum Gasteiger partial charge on any atom is -0.376 e. The first kappa shape index (κ1) is 12.6. The molecule has 102 valence electrons. The van der Waals surface area contributed by atoms with Gasteiger partial charge in [-0.2, -0.15) is 0 Å². The zero-order chi connectivity index (χ0) is 13.2. The van der Waals surface area contributed by atoms with Crippen LogP contribution in [-0.2, 0) is 20.7 Å². The van der Waals surface area contributed by atoms with Crippen LogP contribution in [0.3, 0.4) is 0 Å². The average Bonchev–Trinajstić information content (AvgIpc) is 2.46. The molecule has 2 unspecified atom stereocenters. The molecule has 2 N–H and O–H groups in total. The lowest BCUT2D eigenvalue weighted by Crippen LogP contribution is -2.52. The smallest absolute Gasteiger partial charge is 0.258 e. The van der Waals surface area contributed by atoms with Gasteiger partial charge in [-0.3, -0.25) is 4.79 Å². The fraction of sp³-hybridized carbons (Fsp3) is 0.500. The quantitative estimate of drug-likeness (QED) is 0.791. The highest BCUT2D eigenvalue weighted by atomic mass is 16.6. The van der Waals surface area contributed by atoms with Gasteiger partial charge in [-0.05, 0) is 18.1 Å². The van der Waals surface area contributed by atoms with Crippen LogP contribution in [0.2, 0.25) is 0 Å². The Morgan fingerprint density at radius 2 is 2.16 bits per heavy atom. The first-order chi connectivity index (χ1) is 9.25. The molecule has 1 aromatic rings. The Labute approximate surface area is 112 Å². The van der Waals surface area contributed by atoms with Gasteiger partial charge < -0.3 is 20.1 Å². The predicted molar refractivity (Wildman–Crippen MR) is 71.0 cm³/mol. The van der Waals surface area contributed by atoms with Crippen molar-refractivity contribution in [2.24, 2.45) is 5.73 Å². The zero-order valence-electron chi connectivity index (χ0n) is 10.7. The molecule has 2 atom stereocenters. The summed E-state index contributed by atoms with van der Waals surface area (Å²) in [6.07, 6.45) is 0.300. The molecule has 2 heterocycles. The number of anilines is 1. The third kappa shape index (κ3) is 2.49. The Morgan fingerprint density at radius 3 is 2.95 bits per heavy atom. The maximum Gasteiger partial charge on any atom is 0.258 e. The monoisotopic (exact) mass is 262 g/mol. The highest BCUT2D eigenvalue weighted by Gasteiger charge is 2.32. The number of ether oxygens (including phenoxy) is 2. The number of para-hydroxylation sites is 1. The molecular formula is C14H18N2O3. The van der Waals surface area contributed by atoms with E-state index in [0.717, 1.165) is 17.7 Å². The third-order valence-corrected chi connectivity index (χ3v) is 3.54. The Balaban J connectivity index is 1.85. The summed E-state index contributed by atoms with van der Waals surface area (Å²) in [6.45, 7) is 1.89. The number of nitrogens with zero attached hydrogens (tertiary/aromatic N) is 1. The molecule has 1 aromatic carbocycles. The minimum atomic E-state index is -0.507. The molecule has 19 heavy (non-hydrogen) atoms. The van der Waals surface area contributed by atoms with Gasteiger partial charge in [0.1, 0.15) is 0 Å². The number of hydrogen-bond donors (Lipinski definition) is 1. The number of carbonyl (C=O) groups is 1. The van der Waals surface area contributed by atoms with E-state index in [0.29, 0.717) is 26.4 Å². The number of rotatable bonds is 1. The summed E-state index contributed by atoms with van der Waals surface area (Å²) in [6, 6.07) is 7.87. The molecule has 0 bridgehead atoms. The van der Waals surface area contributed by atoms with Crippen molar-refractivity contribution in [3.8, 4) is 0 Å². The largest absolute Gasteiger partial charge is 0.376 e. The van der Waals surface area contributed by atoms with Crippen molar-refractivity contribution in [3.05, 3.63) is 29.8 Å². The lowest BCUT2D eigenvalue weighted by atomic mass is 9.98. The van der Waals surface area contributed by atoms with Crippen molar-refractivity contribution in [2.75, 3.05) is 31.3 Å². The van der Waals surface area contributed by atoms with Crippen molar-refractivity contribution in [1.29, 1.82) is 0 Å². The van der Waals surface area contributed by atoms with E-state index in [2.05, 4.69) is 0 Å². The highest BCUT2D eigenvalue weighted by Crippen LogP contribution is 2.27. The summed E-state index contributed by atoms with van der Waals surface area (Å²) in [5, 5.41) is 0. The number of nitrogens with two attached hydrogens (primary N) is 1. The summed E-state index contributed by atoms with van der Waals surface area (Å²) in [5.74, 6) is -0.0534. The van der Waals surface area contributed by atoms with Gasteiger partial charge in [-0.15, -0.1) is 0 Å². The summed E-state index contributed by atoms with van der Waals surface area (Å²) in [4.78, 5) is 14.3. The van der Waals surface area contributed by atoms with Crippen LogP contribution in [0, 0.1) is 0 Å². The lowest BCUT2D eigenvalue weighted by Gasteiger charge is -2.35. The molecule has 5 heteroatoms. The molecule has 1 amide bonds. The maximum atomic E-state index is 12.5. The summed E-state index contributed by atoms with van der Waals surface area (Å²) in [5.41, 5.74) is 8.11. The van der Waals surface area contributed by atoms with Gasteiger partial charge in [0.25, 0.3) is 5.91 Å². The fourth-order valence-electron chi connectivity index (χ4n) is 2.64. The van der Waals surface area contributed by atoms with Crippen LogP contribution in [0.4, 0.5) is 5.69 Å². The summed E-state index contributed by atoms with van der Waals surface area (Å²) >= 11 is 0. The van der Waals surface area contributed by atoms with Crippen molar-refractivity contribution in [2.45, 2.75) is 18.6 Å². The maximum absolute atomic E-state index is 12.5. The van der Waals surface area contributed by atoms with Gasteiger partial charge in [0, 0.05) is 18.3 Å². The number of carbonyl (C=O) groups excluding carboxylic acids is 1. The van der Waals surface area contributed by atoms with Crippen LogP contribution in [0.1, 0.15) is 5.56 Å². The number of amides is 1. The minimum absolute atomic E-state index is 0.0247. The molecule has 1 fully saturated rings. The van der Waals surface area contributed by atoms with Crippen molar-refractivity contribution < 1.29 is 14.3 Å². The molecule has 0 aliphatic carbocycles. The molecular weight excluding hydrogens is 244 g/mol. The van der Waals surface area contributed by atoms with E-state index in [1.165, 1.54) is 0 Å². The van der Waals surface area contributed by atoms with E-state index in [9.17, 15) is 4.79 Å². The molecule has 3 rings (SSSR count). The topological polar surface area (TPSA) is 64.8 Å². The van der Waals surface area contributed by atoms with Gasteiger partial charge in [0.2, 0.25) is 0 Å². The molecule has 0 radical (unpaired) electrons. The molecule has 5 nitrogen and oxygen atoms in total. The van der Waals surface area contributed by atoms with Crippen LogP contribution in [0.5, 0.6) is 0 Å². The van der Waals surface area contributed by atoms with Gasteiger partial charge in [-0.1, -0.05) is 18.2 Å². The van der Waals surface area contributed by atoms with Crippen LogP contribution in [0.15, 0.2) is 24.3 Å². The van der Waals surface area contributed by atoms with E-state index in [1.54, 1.807) is 4.90 Å². The van der Waals surface area contributed by atoms with Crippen LogP contribution in [0.25, 0.3) is 0 Å². The van der Waals surface area contributed by atoms with Gasteiger partial charge >= 0.3 is 0 Å². The van der Waals surface area contributed by atoms with Crippen LogP contribution in [-0.4, -0.2) is 44.4 Å². The summed E-state index contributed by atoms with van der Waals surface area (Å²) < 4.78 is 10.8. The van der Waals surface area contributed by atoms with E-state index in [4.69, 9.17) is 15.2 Å². The van der Waals surface area contributed by atoms with E-state index in [-0.39, 0.29) is 11.9 Å². The van der Waals surface area contributed by atoms with Gasteiger partial charge in [0.15, 0.2) is 6.10 Å². The van der Waals surface area contributed by atoms with Crippen molar-refractivity contribution in [3.63, 3.8) is 0 Å². The lowest BCUT2D eigenvalue weighted by molar-refractivity contribution is -0.144.